The van der Waals surface area contributed by atoms with E-state index in [1.807, 2.05) is 0 Å². The number of phenols is 1. The van der Waals surface area contributed by atoms with Crippen molar-refractivity contribution < 1.29 is 38.7 Å². The first kappa shape index (κ1) is 27.7. The fourth-order valence-corrected chi connectivity index (χ4v) is 4.72. The van der Waals surface area contributed by atoms with Crippen molar-refractivity contribution in [2.45, 2.75) is 19.5 Å². The fraction of sp³-hybridized carbons (Fsp3) is 0.241. The molecule has 39 heavy (non-hydrogen) atoms. The molecule has 2 N–H and O–H groups in total. The summed E-state index contributed by atoms with van der Waals surface area (Å²) >= 11 is 6.33. The molecule has 3 aromatic carbocycles. The Morgan fingerprint density at radius 2 is 1.62 bits per heavy atom. The molecular weight excluding hydrogens is 526 g/mol. The minimum atomic E-state index is -1.02. The minimum absolute atomic E-state index is 0.0569. The molecule has 3 aromatic rings. The maximum absolute atomic E-state index is 13.5. The van der Waals surface area contributed by atoms with E-state index in [0.717, 1.165) is 5.56 Å². The highest BCUT2D eigenvalue weighted by Gasteiger charge is 2.46. The first-order valence-corrected chi connectivity index (χ1v) is 12.4. The topological polar surface area (TPSA) is 115 Å². The Morgan fingerprint density at radius 1 is 0.923 bits per heavy atom. The lowest BCUT2D eigenvalue weighted by Crippen LogP contribution is -2.29. The van der Waals surface area contributed by atoms with E-state index in [2.05, 4.69) is 0 Å². The standard InChI is InChI=1S/C29H28ClNO8/c1-5-39-24-12-17(8-11-21(24)32)26-25(27(33)19-13-20(30)23(38-4)14-22(19)37-3)28(34)29(35)31(26)15-16-6-9-18(36-2)10-7-16/h6-14,26,32-33H,5,15H2,1-4H3/b27-25+. The monoisotopic (exact) mass is 553 g/mol. The SMILES string of the molecule is CCOc1cc(C2/C(=C(\O)c3cc(Cl)c(OC)cc3OC)C(=O)C(=O)N2Cc2ccc(OC)cc2)ccc1O. The van der Waals surface area contributed by atoms with Gasteiger partial charge in [-0.15, -0.1) is 0 Å². The number of Topliss-reactive ketones (excluding diaryl/α,β-unsaturated/α-hetero) is 1. The number of aliphatic hydroxyl groups excluding tert-OH is 1. The van der Waals surface area contributed by atoms with Crippen molar-refractivity contribution in [3.8, 4) is 28.7 Å². The predicted molar refractivity (Wildman–Crippen MR) is 145 cm³/mol. The van der Waals surface area contributed by atoms with Crippen LogP contribution in [0.15, 0.2) is 60.2 Å². The average molecular weight is 554 g/mol. The largest absolute Gasteiger partial charge is 0.507 e. The number of carbonyl (C=O) groups is 2. The van der Waals surface area contributed by atoms with Gasteiger partial charge in [0.1, 0.15) is 23.0 Å². The van der Waals surface area contributed by atoms with Gasteiger partial charge in [0.2, 0.25) is 0 Å². The van der Waals surface area contributed by atoms with Gasteiger partial charge < -0.3 is 34.1 Å². The maximum Gasteiger partial charge on any atom is 0.295 e. The van der Waals surface area contributed by atoms with E-state index < -0.39 is 23.5 Å². The Morgan fingerprint density at radius 3 is 2.23 bits per heavy atom. The average Bonchev–Trinajstić information content (AvgIpc) is 3.19. The van der Waals surface area contributed by atoms with Crippen molar-refractivity contribution in [1.29, 1.82) is 0 Å². The number of ether oxygens (including phenoxy) is 4. The summed E-state index contributed by atoms with van der Waals surface area (Å²) in [7, 11) is 4.38. The lowest BCUT2D eigenvalue weighted by Gasteiger charge is -2.26. The van der Waals surface area contributed by atoms with E-state index in [1.54, 1.807) is 50.4 Å². The van der Waals surface area contributed by atoms with Gasteiger partial charge in [0.05, 0.1) is 50.1 Å². The highest BCUT2D eigenvalue weighted by atomic mass is 35.5. The third kappa shape index (κ3) is 5.31. The third-order valence-electron chi connectivity index (χ3n) is 6.38. The van der Waals surface area contributed by atoms with E-state index in [-0.39, 0.29) is 46.6 Å². The summed E-state index contributed by atoms with van der Waals surface area (Å²) in [5, 5.41) is 22.0. The second kappa shape index (κ2) is 11.6. The van der Waals surface area contributed by atoms with Crippen LogP contribution in [0.1, 0.15) is 29.7 Å². The lowest BCUT2D eigenvalue weighted by atomic mass is 9.94. The van der Waals surface area contributed by atoms with Crippen LogP contribution >= 0.6 is 11.6 Å². The molecule has 1 saturated heterocycles. The number of carbonyl (C=O) groups excluding carboxylic acids is 2. The number of halogens is 1. The van der Waals surface area contributed by atoms with Crippen LogP contribution in [0.4, 0.5) is 0 Å². The van der Waals surface area contributed by atoms with Gasteiger partial charge in [-0.05, 0) is 48.4 Å². The molecule has 0 saturated carbocycles. The zero-order valence-electron chi connectivity index (χ0n) is 21.9. The normalized spacial score (nSPS) is 16.3. The summed E-state index contributed by atoms with van der Waals surface area (Å²) in [6.07, 6.45) is 0. The molecule has 1 unspecified atom stereocenters. The van der Waals surface area contributed by atoms with Gasteiger partial charge in [0, 0.05) is 12.6 Å². The smallest absolute Gasteiger partial charge is 0.295 e. The molecule has 1 fully saturated rings. The van der Waals surface area contributed by atoms with Crippen LogP contribution in [0.2, 0.25) is 5.02 Å². The van der Waals surface area contributed by atoms with E-state index in [4.69, 9.17) is 30.5 Å². The Labute approximate surface area is 230 Å². The molecule has 0 radical (unpaired) electrons. The number of phenolic OH excluding ortho intramolecular Hbond substituents is 1. The highest BCUT2D eigenvalue weighted by molar-refractivity contribution is 6.46. The van der Waals surface area contributed by atoms with Gasteiger partial charge in [-0.2, -0.15) is 0 Å². The molecule has 1 aliphatic rings. The van der Waals surface area contributed by atoms with Gasteiger partial charge in [-0.25, -0.2) is 0 Å². The van der Waals surface area contributed by atoms with Crippen LogP contribution in [0.5, 0.6) is 28.7 Å². The summed E-state index contributed by atoms with van der Waals surface area (Å²) in [5.41, 5.74) is 1.13. The molecule has 9 nitrogen and oxygen atoms in total. The summed E-state index contributed by atoms with van der Waals surface area (Å²) in [5.74, 6) is -0.945. The number of amides is 1. The molecule has 1 heterocycles. The quantitative estimate of drug-likeness (QED) is 0.214. The van der Waals surface area contributed by atoms with Crippen LogP contribution in [-0.4, -0.2) is 54.7 Å². The number of hydrogen-bond donors (Lipinski definition) is 2. The molecule has 0 aromatic heterocycles. The Hall–Kier alpha value is -4.37. The number of ketones is 1. The van der Waals surface area contributed by atoms with Gasteiger partial charge >= 0.3 is 0 Å². The summed E-state index contributed by atoms with van der Waals surface area (Å²) < 4.78 is 21.4. The second-order valence-electron chi connectivity index (χ2n) is 8.62. The van der Waals surface area contributed by atoms with Gasteiger partial charge in [-0.3, -0.25) is 9.59 Å². The third-order valence-corrected chi connectivity index (χ3v) is 6.68. The van der Waals surface area contributed by atoms with Crippen LogP contribution in [0.3, 0.4) is 0 Å². The van der Waals surface area contributed by atoms with Crippen molar-refractivity contribution >= 4 is 29.1 Å². The summed E-state index contributed by atoms with van der Waals surface area (Å²) in [6, 6.07) is 13.5. The number of nitrogens with zero attached hydrogens (tertiary/aromatic N) is 1. The number of aromatic hydroxyl groups is 1. The Balaban J connectivity index is 1.92. The Bertz CT molecular complexity index is 1430. The van der Waals surface area contributed by atoms with Gasteiger partial charge in [-0.1, -0.05) is 29.8 Å². The fourth-order valence-electron chi connectivity index (χ4n) is 4.48. The van der Waals surface area contributed by atoms with Crippen LogP contribution < -0.4 is 18.9 Å². The van der Waals surface area contributed by atoms with Crippen molar-refractivity contribution in [2.75, 3.05) is 27.9 Å². The number of hydrogen-bond acceptors (Lipinski definition) is 8. The molecule has 10 heteroatoms. The highest BCUT2D eigenvalue weighted by Crippen LogP contribution is 2.45. The van der Waals surface area contributed by atoms with Crippen molar-refractivity contribution in [1.82, 2.24) is 4.90 Å². The lowest BCUT2D eigenvalue weighted by molar-refractivity contribution is -0.140. The minimum Gasteiger partial charge on any atom is -0.507 e. The van der Waals surface area contributed by atoms with Gasteiger partial charge in [0.25, 0.3) is 11.7 Å². The van der Waals surface area contributed by atoms with Crippen molar-refractivity contribution in [3.05, 3.63) is 81.9 Å². The van der Waals surface area contributed by atoms with E-state index in [9.17, 15) is 19.8 Å². The molecular formula is C29H28ClNO8. The summed E-state index contributed by atoms with van der Waals surface area (Å²) in [4.78, 5) is 28.2. The molecule has 1 amide bonds. The molecule has 1 atom stereocenters. The zero-order valence-corrected chi connectivity index (χ0v) is 22.6. The van der Waals surface area contributed by atoms with Crippen LogP contribution in [-0.2, 0) is 16.1 Å². The maximum atomic E-state index is 13.5. The zero-order chi connectivity index (χ0) is 28.3. The molecule has 1 aliphatic heterocycles. The van der Waals surface area contributed by atoms with E-state index >= 15 is 0 Å². The Kier molecular flexibility index (Phi) is 8.21. The number of likely N-dealkylation sites (tertiary alicyclic amines) is 1. The van der Waals surface area contributed by atoms with Crippen LogP contribution in [0.25, 0.3) is 5.76 Å². The van der Waals surface area contributed by atoms with Crippen molar-refractivity contribution in [3.63, 3.8) is 0 Å². The number of rotatable bonds is 9. The number of benzene rings is 3. The number of aliphatic hydroxyl groups is 1. The van der Waals surface area contributed by atoms with Crippen molar-refractivity contribution in [2.24, 2.45) is 0 Å². The molecule has 0 aliphatic carbocycles. The first-order valence-electron chi connectivity index (χ1n) is 12.0. The second-order valence-corrected chi connectivity index (χ2v) is 9.03. The van der Waals surface area contributed by atoms with E-state index in [1.165, 1.54) is 37.3 Å². The number of methoxy groups -OCH3 is 3. The first-order chi connectivity index (χ1) is 18.7. The van der Waals surface area contributed by atoms with Gasteiger partial charge in [0.15, 0.2) is 11.5 Å². The molecule has 4 rings (SSSR count). The molecule has 0 bridgehead atoms. The molecule has 204 valence electrons. The van der Waals surface area contributed by atoms with Crippen LogP contribution in [0, 0.1) is 0 Å². The molecule has 0 spiro atoms. The van der Waals surface area contributed by atoms with E-state index in [0.29, 0.717) is 17.1 Å². The summed E-state index contributed by atoms with van der Waals surface area (Å²) in [6.45, 7) is 2.10. The predicted octanol–water partition coefficient (Wildman–Crippen LogP) is 5.09.